The number of carbonyl (C=O) groups is 2. The van der Waals surface area contributed by atoms with E-state index in [1.54, 1.807) is 0 Å². The highest BCUT2D eigenvalue weighted by molar-refractivity contribution is 5.80. The van der Waals surface area contributed by atoms with Crippen LogP contribution in [0.25, 0.3) is 0 Å². The Morgan fingerprint density at radius 2 is 1.86 bits per heavy atom. The van der Waals surface area contributed by atoms with Crippen LogP contribution in [0.1, 0.15) is 50.6 Å². The van der Waals surface area contributed by atoms with Crippen LogP contribution < -0.4 is 10.6 Å². The molecule has 1 aromatic carbocycles. The summed E-state index contributed by atoms with van der Waals surface area (Å²) < 4.78 is 0. The zero-order valence-corrected chi connectivity index (χ0v) is 12.6. The van der Waals surface area contributed by atoms with Crippen molar-refractivity contribution >= 4 is 11.8 Å². The lowest BCUT2D eigenvalue weighted by atomic mass is 10.1. The van der Waals surface area contributed by atoms with Gasteiger partial charge < -0.3 is 10.6 Å². The first-order valence-corrected chi connectivity index (χ1v) is 7.79. The first-order valence-electron chi connectivity index (χ1n) is 7.79. The molecule has 1 aliphatic carbocycles. The minimum Gasteiger partial charge on any atom is -0.355 e. The second-order valence-corrected chi connectivity index (χ2v) is 5.72. The minimum atomic E-state index is -0.0296. The summed E-state index contributed by atoms with van der Waals surface area (Å²) in [7, 11) is 0. The lowest BCUT2D eigenvalue weighted by Crippen LogP contribution is -2.34. The summed E-state index contributed by atoms with van der Waals surface area (Å²) in [4.78, 5) is 23.7. The molecular formula is C17H24N2O2. The molecule has 1 aromatic rings. The van der Waals surface area contributed by atoms with Crippen molar-refractivity contribution in [1.29, 1.82) is 0 Å². The molecule has 0 aromatic heterocycles. The van der Waals surface area contributed by atoms with Gasteiger partial charge in [0.15, 0.2) is 0 Å². The van der Waals surface area contributed by atoms with Gasteiger partial charge in [-0.15, -0.1) is 0 Å². The van der Waals surface area contributed by atoms with E-state index in [1.165, 1.54) is 0 Å². The molecule has 4 nitrogen and oxygen atoms in total. The van der Waals surface area contributed by atoms with Crippen molar-refractivity contribution in [2.75, 3.05) is 6.54 Å². The van der Waals surface area contributed by atoms with Crippen LogP contribution in [0.4, 0.5) is 0 Å². The fourth-order valence-corrected chi connectivity index (χ4v) is 2.77. The van der Waals surface area contributed by atoms with Crippen LogP contribution in [0.15, 0.2) is 30.3 Å². The number of amides is 2. The maximum absolute atomic E-state index is 11.9. The summed E-state index contributed by atoms with van der Waals surface area (Å²) in [6, 6.07) is 9.85. The lowest BCUT2D eigenvalue weighted by molar-refractivity contribution is -0.125. The zero-order valence-electron chi connectivity index (χ0n) is 12.6. The van der Waals surface area contributed by atoms with E-state index in [-0.39, 0.29) is 23.8 Å². The molecule has 1 unspecified atom stereocenters. The molecule has 4 heteroatoms. The molecular weight excluding hydrogens is 264 g/mol. The molecule has 1 atom stereocenters. The van der Waals surface area contributed by atoms with E-state index < -0.39 is 0 Å². The minimum absolute atomic E-state index is 0.00997. The molecule has 0 heterocycles. The summed E-state index contributed by atoms with van der Waals surface area (Å²) in [5, 5.41) is 5.82. The average Bonchev–Trinajstić information content (AvgIpc) is 3.02. The van der Waals surface area contributed by atoms with E-state index >= 15 is 0 Å². The Kier molecular flexibility index (Phi) is 5.78. The van der Waals surface area contributed by atoms with Gasteiger partial charge in [-0.3, -0.25) is 9.59 Å². The Bertz CT molecular complexity index is 467. The molecule has 2 amide bonds. The Morgan fingerprint density at radius 3 is 2.52 bits per heavy atom. The number of carbonyl (C=O) groups excluding carboxylic acids is 2. The molecule has 21 heavy (non-hydrogen) atoms. The van der Waals surface area contributed by atoms with E-state index in [1.807, 2.05) is 37.3 Å². The summed E-state index contributed by atoms with van der Waals surface area (Å²) in [6.07, 6.45) is 4.60. The highest BCUT2D eigenvalue weighted by atomic mass is 16.2. The molecule has 0 radical (unpaired) electrons. The van der Waals surface area contributed by atoms with E-state index in [2.05, 4.69) is 10.6 Å². The van der Waals surface area contributed by atoms with Gasteiger partial charge in [-0.25, -0.2) is 0 Å². The van der Waals surface area contributed by atoms with Crippen LogP contribution in [0.3, 0.4) is 0 Å². The van der Waals surface area contributed by atoms with Crippen molar-refractivity contribution in [3.8, 4) is 0 Å². The molecule has 2 N–H and O–H groups in total. The van der Waals surface area contributed by atoms with Gasteiger partial charge in [0.05, 0.1) is 6.04 Å². The third-order valence-corrected chi connectivity index (χ3v) is 4.05. The van der Waals surface area contributed by atoms with Gasteiger partial charge in [0.1, 0.15) is 0 Å². The fraction of sp³-hybridized carbons (Fsp3) is 0.529. The third kappa shape index (κ3) is 4.88. The Balaban J connectivity index is 1.66. The van der Waals surface area contributed by atoms with E-state index in [0.29, 0.717) is 13.0 Å². The molecule has 1 saturated carbocycles. The zero-order chi connectivity index (χ0) is 15.1. The number of hydrogen-bond acceptors (Lipinski definition) is 2. The largest absolute Gasteiger partial charge is 0.355 e. The Labute approximate surface area is 126 Å². The molecule has 0 bridgehead atoms. The fourth-order valence-electron chi connectivity index (χ4n) is 2.77. The predicted molar refractivity (Wildman–Crippen MR) is 82.6 cm³/mol. The maximum atomic E-state index is 11.9. The number of hydrogen-bond donors (Lipinski definition) is 2. The monoisotopic (exact) mass is 288 g/mol. The molecule has 1 aliphatic rings. The van der Waals surface area contributed by atoms with Crippen LogP contribution in [0.5, 0.6) is 0 Å². The van der Waals surface area contributed by atoms with Crippen LogP contribution in [0, 0.1) is 5.92 Å². The standard InChI is InChI=1S/C17H24N2O2/c1-13(14-7-3-2-4-8-14)19-16(20)11-12-18-17(21)15-9-5-6-10-15/h2-4,7-8,13,15H,5-6,9-12H2,1H3,(H,18,21)(H,19,20). The lowest BCUT2D eigenvalue weighted by Gasteiger charge is -2.15. The van der Waals surface area contributed by atoms with Gasteiger partial charge in [-0.1, -0.05) is 43.2 Å². The predicted octanol–water partition coefficient (Wildman–Crippen LogP) is 2.56. The third-order valence-electron chi connectivity index (χ3n) is 4.05. The number of rotatable bonds is 6. The summed E-state index contributed by atoms with van der Waals surface area (Å²) in [5.41, 5.74) is 1.08. The van der Waals surface area contributed by atoms with Crippen LogP contribution in [0.2, 0.25) is 0 Å². The Hall–Kier alpha value is -1.84. The quantitative estimate of drug-likeness (QED) is 0.845. The number of nitrogens with one attached hydrogen (secondary N) is 2. The second-order valence-electron chi connectivity index (χ2n) is 5.72. The highest BCUT2D eigenvalue weighted by Gasteiger charge is 2.22. The molecule has 1 fully saturated rings. The van der Waals surface area contributed by atoms with Gasteiger partial charge in [0.2, 0.25) is 11.8 Å². The molecule has 0 spiro atoms. The van der Waals surface area contributed by atoms with E-state index in [9.17, 15) is 9.59 Å². The van der Waals surface area contributed by atoms with Gasteiger partial charge in [0.25, 0.3) is 0 Å². The van der Waals surface area contributed by atoms with Gasteiger partial charge in [-0.2, -0.15) is 0 Å². The second kappa shape index (κ2) is 7.81. The van der Waals surface area contributed by atoms with Gasteiger partial charge >= 0.3 is 0 Å². The van der Waals surface area contributed by atoms with Crippen molar-refractivity contribution in [2.24, 2.45) is 5.92 Å². The first-order chi connectivity index (χ1) is 10.2. The van der Waals surface area contributed by atoms with Crippen molar-refractivity contribution in [3.05, 3.63) is 35.9 Å². The molecule has 2 rings (SSSR count). The first kappa shape index (κ1) is 15.5. The Morgan fingerprint density at radius 1 is 1.19 bits per heavy atom. The smallest absolute Gasteiger partial charge is 0.223 e. The summed E-state index contributed by atoms with van der Waals surface area (Å²) in [5.74, 6) is 0.241. The van der Waals surface area contributed by atoms with Crippen molar-refractivity contribution in [1.82, 2.24) is 10.6 Å². The van der Waals surface area contributed by atoms with Gasteiger partial charge in [0, 0.05) is 18.9 Å². The molecule has 0 aliphatic heterocycles. The maximum Gasteiger partial charge on any atom is 0.223 e. The highest BCUT2D eigenvalue weighted by Crippen LogP contribution is 2.24. The summed E-state index contributed by atoms with van der Waals surface area (Å²) >= 11 is 0. The topological polar surface area (TPSA) is 58.2 Å². The van der Waals surface area contributed by atoms with Crippen LogP contribution in [-0.2, 0) is 9.59 Å². The number of benzene rings is 1. The van der Waals surface area contributed by atoms with Crippen molar-refractivity contribution in [2.45, 2.75) is 45.1 Å². The SMILES string of the molecule is CC(NC(=O)CCNC(=O)C1CCCC1)c1ccccc1. The average molecular weight is 288 g/mol. The van der Waals surface area contributed by atoms with Gasteiger partial charge in [-0.05, 0) is 25.3 Å². The summed E-state index contributed by atoms with van der Waals surface area (Å²) in [6.45, 7) is 2.38. The van der Waals surface area contributed by atoms with Crippen LogP contribution in [-0.4, -0.2) is 18.4 Å². The van der Waals surface area contributed by atoms with Crippen molar-refractivity contribution < 1.29 is 9.59 Å². The van der Waals surface area contributed by atoms with E-state index in [4.69, 9.17) is 0 Å². The molecule has 0 saturated heterocycles. The molecule has 114 valence electrons. The normalized spacial score (nSPS) is 16.4. The van der Waals surface area contributed by atoms with E-state index in [0.717, 1.165) is 31.2 Å². The van der Waals surface area contributed by atoms with Crippen LogP contribution >= 0.6 is 0 Å². The van der Waals surface area contributed by atoms with Crippen molar-refractivity contribution in [3.63, 3.8) is 0 Å².